The van der Waals surface area contributed by atoms with Crippen LogP contribution in [-0.2, 0) is 0 Å². The monoisotopic (exact) mass is 649 g/mol. The Morgan fingerprint density at radius 3 is 1.94 bits per heavy atom. The minimum absolute atomic E-state index is 0.0168. The fraction of sp³-hybridized carbons (Fsp3) is 0. The Labute approximate surface area is 300 Å². The van der Waals surface area contributed by atoms with Gasteiger partial charge in [0, 0.05) is 43.8 Å². The number of para-hydroxylation sites is 4. The van der Waals surface area contributed by atoms with Crippen LogP contribution in [0.25, 0.3) is 94.7 Å². The molecule has 0 aliphatic carbocycles. The van der Waals surface area contributed by atoms with Crippen molar-refractivity contribution in [2.45, 2.75) is 0 Å². The van der Waals surface area contributed by atoms with Gasteiger partial charge in [0.05, 0.1) is 29.1 Å². The lowest BCUT2D eigenvalue weighted by Gasteiger charge is -2.16. The van der Waals surface area contributed by atoms with Gasteiger partial charge in [-0.05, 0) is 35.8 Å². The van der Waals surface area contributed by atoms with Crippen LogP contribution in [0.15, 0.2) is 174 Å². The first-order valence-corrected chi connectivity index (χ1v) is 16.0. The second-order valence-corrected chi connectivity index (χ2v) is 11.7. The average Bonchev–Trinajstić information content (AvgIpc) is 3.82. The highest BCUT2D eigenvalue weighted by molar-refractivity contribution is 6.11. The third-order valence-corrected chi connectivity index (χ3v) is 8.79. The molecule has 3 heterocycles. The summed E-state index contributed by atoms with van der Waals surface area (Å²) in [7, 11) is 0. The van der Waals surface area contributed by atoms with Crippen LogP contribution in [0.2, 0.25) is 0 Å². The Kier molecular flexibility index (Phi) is 4.67. The van der Waals surface area contributed by atoms with E-state index in [1.807, 2.05) is 60.7 Å². The molecule has 0 radical (unpaired) electrons. The summed E-state index contributed by atoms with van der Waals surface area (Å²) in [5.41, 5.74) is 4.14. The summed E-state index contributed by atoms with van der Waals surface area (Å²) >= 11 is 0. The molecule has 10 rings (SSSR count). The number of hydrogen-bond donors (Lipinski definition) is 0. The summed E-state index contributed by atoms with van der Waals surface area (Å²) in [6, 6.07) is 32.5. The van der Waals surface area contributed by atoms with E-state index in [9.17, 15) is 0 Å². The van der Waals surface area contributed by atoms with Crippen LogP contribution in [0, 0.1) is 0 Å². The minimum atomic E-state index is -0.212. The molecule has 0 aliphatic rings. The molecule has 5 nitrogen and oxygen atoms in total. The zero-order chi connectivity index (χ0) is 40.9. The largest absolute Gasteiger partial charge is 0.455 e. The van der Waals surface area contributed by atoms with Crippen LogP contribution in [-0.4, -0.2) is 19.5 Å². The number of furan rings is 1. The molecule has 0 saturated carbocycles. The summed E-state index contributed by atoms with van der Waals surface area (Å²) in [4.78, 5) is 15.0. The molecule has 50 heavy (non-hydrogen) atoms. The molecule has 0 fully saturated rings. The van der Waals surface area contributed by atoms with E-state index in [1.165, 1.54) is 30.3 Å². The number of nitrogens with zero attached hydrogens (tertiary/aromatic N) is 4. The molecule has 0 unspecified atom stereocenters. The van der Waals surface area contributed by atoms with Crippen molar-refractivity contribution in [2.24, 2.45) is 0 Å². The van der Waals surface area contributed by atoms with Gasteiger partial charge in [0.1, 0.15) is 11.2 Å². The van der Waals surface area contributed by atoms with Crippen molar-refractivity contribution in [1.82, 2.24) is 19.5 Å². The van der Waals surface area contributed by atoms with E-state index < -0.39 is 0 Å². The van der Waals surface area contributed by atoms with Crippen LogP contribution in [0.4, 0.5) is 0 Å². The Morgan fingerprint density at radius 2 is 1.14 bits per heavy atom. The van der Waals surface area contributed by atoms with Gasteiger partial charge in [0.15, 0.2) is 17.5 Å². The number of aromatic nitrogens is 4. The van der Waals surface area contributed by atoms with Gasteiger partial charge in [-0.25, -0.2) is 15.0 Å². The van der Waals surface area contributed by atoms with Gasteiger partial charge in [0.2, 0.25) is 0 Å². The van der Waals surface area contributed by atoms with E-state index in [0.717, 1.165) is 11.1 Å². The molecule has 0 spiro atoms. The van der Waals surface area contributed by atoms with Crippen LogP contribution in [0.3, 0.4) is 0 Å². The summed E-state index contributed by atoms with van der Waals surface area (Å²) in [6.07, 6.45) is 0. The van der Waals surface area contributed by atoms with Crippen molar-refractivity contribution in [3.63, 3.8) is 0 Å². The summed E-state index contributed by atoms with van der Waals surface area (Å²) in [5.74, 6) is 0.990. The molecule has 0 amide bonds. The molecular weight excluding hydrogens is 613 g/mol. The van der Waals surface area contributed by atoms with Gasteiger partial charge in [-0.3, -0.25) is 0 Å². The number of rotatable bonds is 5. The van der Waals surface area contributed by atoms with Crippen molar-refractivity contribution < 1.29 is 16.8 Å². The van der Waals surface area contributed by atoms with Crippen molar-refractivity contribution in [3.05, 3.63) is 170 Å². The summed E-state index contributed by atoms with van der Waals surface area (Å²) < 4.78 is 87.1. The number of benzene rings is 7. The Bertz CT molecular complexity index is 3330. The van der Waals surface area contributed by atoms with Crippen molar-refractivity contribution in [1.29, 1.82) is 0 Å². The Hall–Kier alpha value is -6.85. The van der Waals surface area contributed by atoms with E-state index in [-0.39, 0.29) is 82.1 Å². The molecule has 10 aromatic rings. The predicted molar refractivity (Wildman–Crippen MR) is 203 cm³/mol. The molecule has 0 aliphatic heterocycles. The van der Waals surface area contributed by atoms with Gasteiger partial charge in [-0.15, -0.1) is 0 Å². The van der Waals surface area contributed by atoms with E-state index in [4.69, 9.17) is 31.7 Å². The Morgan fingerprint density at radius 1 is 0.460 bits per heavy atom. The fourth-order valence-corrected chi connectivity index (χ4v) is 6.52. The lowest BCUT2D eigenvalue weighted by Crippen LogP contribution is -2.04. The standard InChI is InChI=1S/C45H28N4O/c1-3-14-29(15-4-1)43-46-44(30-16-5-2-6-17-30)48-45(47-43)37-28-31(32-21-13-22-36-35-20-9-12-25-41(35)50-42(32)36)26-27-40(37)49-38-23-10-7-18-33(38)34-19-8-11-24-39(34)49/h1-28H/i7D,9D,13D,19D,20D,22D,23D,24D,25D. The summed E-state index contributed by atoms with van der Waals surface area (Å²) in [5, 5.41) is 1.14. The topological polar surface area (TPSA) is 56.7 Å². The molecule has 234 valence electrons. The molecule has 0 atom stereocenters. The average molecular weight is 650 g/mol. The van der Waals surface area contributed by atoms with Crippen molar-refractivity contribution in [3.8, 4) is 51.0 Å². The molecule has 0 saturated heterocycles. The fourth-order valence-electron chi connectivity index (χ4n) is 6.52. The number of hydrogen-bond acceptors (Lipinski definition) is 4. The maximum absolute atomic E-state index is 9.15. The molecule has 3 aromatic heterocycles. The normalized spacial score (nSPS) is 14.1. The SMILES string of the molecule is [2H]c1cc([2H])c2c(c1)c1c([2H])ccc([2H])c1n2-c1ccc(-c2cc([2H])c([2H])c3c2oc2c([2H])cc([2H])c([2H])c23)cc1-c1nc(-c2ccccc2)nc(-c2ccccc2)n1. The van der Waals surface area contributed by atoms with Crippen LogP contribution < -0.4 is 0 Å². The van der Waals surface area contributed by atoms with Gasteiger partial charge in [-0.2, -0.15) is 0 Å². The van der Waals surface area contributed by atoms with Crippen molar-refractivity contribution >= 4 is 43.7 Å². The first kappa shape index (κ1) is 20.5. The third-order valence-electron chi connectivity index (χ3n) is 8.79. The second-order valence-electron chi connectivity index (χ2n) is 11.7. The van der Waals surface area contributed by atoms with E-state index in [0.29, 0.717) is 55.8 Å². The minimum Gasteiger partial charge on any atom is -0.455 e. The first-order valence-electron chi connectivity index (χ1n) is 20.5. The highest BCUT2D eigenvalue weighted by atomic mass is 16.3. The molecule has 7 aromatic carbocycles. The second kappa shape index (κ2) is 11.4. The van der Waals surface area contributed by atoms with Crippen LogP contribution in [0.1, 0.15) is 12.3 Å². The highest BCUT2D eigenvalue weighted by Crippen LogP contribution is 2.41. The lowest BCUT2D eigenvalue weighted by molar-refractivity contribution is 0.670. The summed E-state index contributed by atoms with van der Waals surface area (Å²) in [6.45, 7) is 0. The predicted octanol–water partition coefficient (Wildman–Crippen LogP) is 11.5. The van der Waals surface area contributed by atoms with E-state index in [2.05, 4.69) is 0 Å². The zero-order valence-electron chi connectivity index (χ0n) is 35.2. The van der Waals surface area contributed by atoms with Crippen LogP contribution >= 0.6 is 0 Å². The van der Waals surface area contributed by atoms with Gasteiger partial charge in [-0.1, -0.05) is 139 Å². The van der Waals surface area contributed by atoms with E-state index in [1.54, 1.807) is 28.8 Å². The van der Waals surface area contributed by atoms with E-state index >= 15 is 0 Å². The molecule has 5 heteroatoms. The van der Waals surface area contributed by atoms with Gasteiger partial charge in [0.25, 0.3) is 0 Å². The molecule has 0 bridgehead atoms. The number of fused-ring (bicyclic) bond motifs is 6. The van der Waals surface area contributed by atoms with Gasteiger partial charge < -0.3 is 8.98 Å². The van der Waals surface area contributed by atoms with Crippen LogP contribution in [0.5, 0.6) is 0 Å². The Balaban J connectivity index is 1.35. The zero-order valence-corrected chi connectivity index (χ0v) is 26.2. The quantitative estimate of drug-likeness (QED) is 0.186. The molecular formula is C45H28N4O. The smallest absolute Gasteiger partial charge is 0.166 e. The highest BCUT2D eigenvalue weighted by Gasteiger charge is 2.21. The van der Waals surface area contributed by atoms with Gasteiger partial charge >= 0.3 is 0 Å². The maximum Gasteiger partial charge on any atom is 0.166 e. The first-order chi connectivity index (χ1) is 28.5. The molecule has 0 N–H and O–H groups in total. The third kappa shape index (κ3) is 4.52. The maximum atomic E-state index is 9.15. The van der Waals surface area contributed by atoms with Crippen molar-refractivity contribution in [2.75, 3.05) is 0 Å². The lowest BCUT2D eigenvalue weighted by atomic mass is 9.98.